The highest BCUT2D eigenvalue weighted by atomic mass is 32.2. The highest BCUT2D eigenvalue weighted by molar-refractivity contribution is 7.89. The number of hydrogen-bond donors (Lipinski definition) is 0. The van der Waals surface area contributed by atoms with Crippen molar-refractivity contribution in [2.75, 3.05) is 26.2 Å². The van der Waals surface area contributed by atoms with E-state index in [0.29, 0.717) is 5.69 Å². The van der Waals surface area contributed by atoms with Gasteiger partial charge in [0.1, 0.15) is 10.7 Å². The van der Waals surface area contributed by atoms with Gasteiger partial charge in [-0.25, -0.2) is 17.8 Å². The van der Waals surface area contributed by atoms with Crippen molar-refractivity contribution in [2.24, 2.45) is 0 Å². The maximum Gasteiger partial charge on any atom is 0.246 e. The third-order valence-corrected chi connectivity index (χ3v) is 6.95. The smallest absolute Gasteiger partial charge is 0.246 e. The Morgan fingerprint density at radius 2 is 1.63 bits per heavy atom. The van der Waals surface area contributed by atoms with Crippen LogP contribution >= 0.6 is 0 Å². The summed E-state index contributed by atoms with van der Waals surface area (Å²) in [6, 6.07) is 16.8. The van der Waals surface area contributed by atoms with Gasteiger partial charge in [-0.1, -0.05) is 36.4 Å². The van der Waals surface area contributed by atoms with Crippen LogP contribution in [0.5, 0.6) is 0 Å². The third-order valence-electron chi connectivity index (χ3n) is 5.02. The number of benzene rings is 2. The molecule has 8 heteroatoms. The molecule has 0 saturated carbocycles. The molecule has 3 aromatic rings. The van der Waals surface area contributed by atoms with Gasteiger partial charge in [0.25, 0.3) is 0 Å². The summed E-state index contributed by atoms with van der Waals surface area (Å²) in [5, 5.41) is 1.02. The molecule has 0 atom stereocenters. The number of rotatable bonds is 4. The summed E-state index contributed by atoms with van der Waals surface area (Å²) in [6.07, 6.45) is 3.09. The SMILES string of the molecule is O=C(C=Cc1ccc2ccccc2n1)N1CCN(S(=O)(=O)c2ccccc2F)CC1. The van der Waals surface area contributed by atoms with Crippen molar-refractivity contribution >= 4 is 32.9 Å². The minimum absolute atomic E-state index is 0.116. The van der Waals surface area contributed by atoms with Gasteiger partial charge in [0.2, 0.25) is 15.9 Å². The van der Waals surface area contributed by atoms with Crippen LogP contribution in [0, 0.1) is 5.82 Å². The molecule has 0 aliphatic carbocycles. The lowest BCUT2D eigenvalue weighted by atomic mass is 10.2. The number of hydrogen-bond acceptors (Lipinski definition) is 4. The molecule has 4 rings (SSSR count). The van der Waals surface area contributed by atoms with E-state index in [0.717, 1.165) is 17.0 Å². The van der Waals surface area contributed by atoms with Crippen molar-refractivity contribution in [3.8, 4) is 0 Å². The quantitative estimate of drug-likeness (QED) is 0.603. The molecule has 0 N–H and O–H groups in total. The lowest BCUT2D eigenvalue weighted by Crippen LogP contribution is -2.50. The van der Waals surface area contributed by atoms with Crippen LogP contribution in [0.1, 0.15) is 5.69 Å². The summed E-state index contributed by atoms with van der Waals surface area (Å²) in [7, 11) is -3.93. The highest BCUT2D eigenvalue weighted by Crippen LogP contribution is 2.20. The first kappa shape index (κ1) is 20.2. The second kappa shape index (κ2) is 8.33. The normalized spacial score (nSPS) is 15.7. The number of para-hydroxylation sites is 1. The molecular weight excluding hydrogens is 405 g/mol. The number of amides is 1. The fourth-order valence-electron chi connectivity index (χ4n) is 3.38. The van der Waals surface area contributed by atoms with Crippen LogP contribution in [-0.4, -0.2) is 54.7 Å². The van der Waals surface area contributed by atoms with E-state index in [-0.39, 0.29) is 37.0 Å². The molecule has 0 unspecified atom stereocenters. The Morgan fingerprint density at radius 1 is 0.933 bits per heavy atom. The maximum atomic E-state index is 13.9. The standard InChI is InChI=1S/C22H20FN3O3S/c23-19-6-2-4-8-21(19)30(28,29)26-15-13-25(14-16-26)22(27)12-11-18-10-9-17-5-1-3-7-20(17)24-18/h1-12H,13-16H2. The number of piperazine rings is 1. The maximum absolute atomic E-state index is 13.9. The van der Waals surface area contributed by atoms with E-state index in [4.69, 9.17) is 0 Å². The Hall–Kier alpha value is -3.10. The molecule has 1 aliphatic rings. The topological polar surface area (TPSA) is 70.6 Å². The number of fused-ring (bicyclic) bond motifs is 1. The van der Waals surface area contributed by atoms with Gasteiger partial charge in [0, 0.05) is 37.6 Å². The lowest BCUT2D eigenvalue weighted by Gasteiger charge is -2.33. The molecule has 2 aromatic carbocycles. The van der Waals surface area contributed by atoms with Gasteiger partial charge in [-0.3, -0.25) is 4.79 Å². The Morgan fingerprint density at radius 3 is 2.40 bits per heavy atom. The summed E-state index contributed by atoms with van der Waals surface area (Å²) >= 11 is 0. The lowest BCUT2D eigenvalue weighted by molar-refractivity contribution is -0.127. The third kappa shape index (κ3) is 4.10. The van der Waals surface area contributed by atoms with Crippen molar-refractivity contribution < 1.29 is 17.6 Å². The first-order valence-corrected chi connectivity index (χ1v) is 11.0. The van der Waals surface area contributed by atoms with Gasteiger partial charge in [-0.15, -0.1) is 0 Å². The number of carbonyl (C=O) groups is 1. The number of halogens is 1. The Bertz CT molecular complexity index is 1220. The molecule has 0 radical (unpaired) electrons. The number of pyridine rings is 1. The molecule has 30 heavy (non-hydrogen) atoms. The van der Waals surface area contributed by atoms with Crippen molar-refractivity contribution in [3.05, 3.63) is 78.3 Å². The molecule has 154 valence electrons. The van der Waals surface area contributed by atoms with Crippen LogP contribution in [-0.2, 0) is 14.8 Å². The van der Waals surface area contributed by atoms with Gasteiger partial charge < -0.3 is 4.90 Å². The summed E-state index contributed by atoms with van der Waals surface area (Å²) in [6.45, 7) is 0.707. The van der Waals surface area contributed by atoms with E-state index in [1.54, 1.807) is 11.0 Å². The number of nitrogens with zero attached hydrogens (tertiary/aromatic N) is 3. The fraction of sp³-hybridized carbons (Fsp3) is 0.182. The molecule has 0 spiro atoms. The number of carbonyl (C=O) groups excluding carboxylic acids is 1. The van der Waals surface area contributed by atoms with Gasteiger partial charge >= 0.3 is 0 Å². The second-order valence-corrected chi connectivity index (χ2v) is 8.83. The molecule has 6 nitrogen and oxygen atoms in total. The zero-order chi connectivity index (χ0) is 21.1. The van der Waals surface area contributed by atoms with Crippen molar-refractivity contribution in [1.29, 1.82) is 0 Å². The predicted molar refractivity (Wildman–Crippen MR) is 113 cm³/mol. The highest BCUT2D eigenvalue weighted by Gasteiger charge is 2.31. The van der Waals surface area contributed by atoms with Gasteiger partial charge in [0.15, 0.2) is 0 Å². The van der Waals surface area contributed by atoms with E-state index in [9.17, 15) is 17.6 Å². The zero-order valence-electron chi connectivity index (χ0n) is 16.1. The van der Waals surface area contributed by atoms with E-state index >= 15 is 0 Å². The van der Waals surface area contributed by atoms with Crippen LogP contribution in [0.15, 0.2) is 71.6 Å². The van der Waals surface area contributed by atoms with Crippen molar-refractivity contribution in [1.82, 2.24) is 14.2 Å². The van der Waals surface area contributed by atoms with E-state index in [2.05, 4.69) is 4.98 Å². The first-order valence-electron chi connectivity index (χ1n) is 9.52. The minimum Gasteiger partial charge on any atom is -0.337 e. The molecule has 1 fully saturated rings. The zero-order valence-corrected chi connectivity index (χ0v) is 16.9. The molecule has 1 aliphatic heterocycles. The average molecular weight is 425 g/mol. The number of sulfonamides is 1. The molecule has 1 saturated heterocycles. The van der Waals surface area contributed by atoms with E-state index in [1.165, 1.54) is 28.6 Å². The Balaban J connectivity index is 1.40. The summed E-state index contributed by atoms with van der Waals surface area (Å²) in [5.41, 5.74) is 1.52. The van der Waals surface area contributed by atoms with E-state index < -0.39 is 15.8 Å². The molecular formula is C22H20FN3O3S. The van der Waals surface area contributed by atoms with E-state index in [1.807, 2.05) is 36.4 Å². The molecule has 1 aromatic heterocycles. The van der Waals surface area contributed by atoms with Crippen LogP contribution in [0.3, 0.4) is 0 Å². The second-order valence-electron chi connectivity index (χ2n) is 6.92. The summed E-state index contributed by atoms with van der Waals surface area (Å²) in [4.78, 5) is 18.2. The minimum atomic E-state index is -3.93. The predicted octanol–water partition coefficient (Wildman–Crippen LogP) is 2.92. The monoisotopic (exact) mass is 425 g/mol. The van der Waals surface area contributed by atoms with Crippen LogP contribution in [0.25, 0.3) is 17.0 Å². The Labute approximate surface area is 174 Å². The van der Waals surface area contributed by atoms with Crippen molar-refractivity contribution in [2.45, 2.75) is 4.90 Å². The fourth-order valence-corrected chi connectivity index (χ4v) is 4.87. The first-order chi connectivity index (χ1) is 14.4. The van der Waals surface area contributed by atoms with Crippen LogP contribution < -0.4 is 0 Å². The molecule has 1 amide bonds. The summed E-state index contributed by atoms with van der Waals surface area (Å²) in [5.74, 6) is -0.991. The average Bonchev–Trinajstić information content (AvgIpc) is 2.77. The molecule has 2 heterocycles. The Kier molecular flexibility index (Phi) is 5.61. The van der Waals surface area contributed by atoms with Gasteiger partial charge in [-0.05, 0) is 30.3 Å². The largest absolute Gasteiger partial charge is 0.337 e. The van der Waals surface area contributed by atoms with Crippen LogP contribution in [0.2, 0.25) is 0 Å². The van der Waals surface area contributed by atoms with Gasteiger partial charge in [0.05, 0.1) is 11.2 Å². The van der Waals surface area contributed by atoms with Crippen molar-refractivity contribution in [3.63, 3.8) is 0 Å². The molecule has 0 bridgehead atoms. The van der Waals surface area contributed by atoms with Crippen LogP contribution in [0.4, 0.5) is 4.39 Å². The van der Waals surface area contributed by atoms with Gasteiger partial charge in [-0.2, -0.15) is 4.31 Å². The number of aromatic nitrogens is 1. The summed E-state index contributed by atoms with van der Waals surface area (Å²) < 4.78 is 40.5.